The highest BCUT2D eigenvalue weighted by Gasteiger charge is 2.13. The molecule has 0 spiro atoms. The minimum atomic E-state index is -0.407. The van der Waals surface area contributed by atoms with Crippen LogP contribution in [0.3, 0.4) is 0 Å². The summed E-state index contributed by atoms with van der Waals surface area (Å²) in [6, 6.07) is 8.98. The Morgan fingerprint density at radius 2 is 2.04 bits per heavy atom. The molecule has 0 radical (unpaired) electrons. The zero-order chi connectivity index (χ0) is 16.4. The van der Waals surface area contributed by atoms with E-state index in [1.807, 2.05) is 24.3 Å². The first-order chi connectivity index (χ1) is 11.0. The summed E-state index contributed by atoms with van der Waals surface area (Å²) in [5.41, 5.74) is 6.61. The smallest absolute Gasteiger partial charge is 0.286 e. The second-order valence-corrected chi connectivity index (χ2v) is 5.81. The zero-order valence-electron chi connectivity index (χ0n) is 12.2. The number of hydrogen-bond acceptors (Lipinski definition) is 4. The Hall–Kier alpha value is -2.68. The van der Waals surface area contributed by atoms with Crippen LogP contribution in [0.2, 0.25) is 0 Å². The maximum Gasteiger partial charge on any atom is 0.286 e. The van der Waals surface area contributed by atoms with Gasteiger partial charge in [-0.05, 0) is 34.1 Å². The third-order valence-corrected chi connectivity index (χ3v) is 3.67. The quantitative estimate of drug-likeness (QED) is 0.666. The van der Waals surface area contributed by atoms with Gasteiger partial charge in [0.2, 0.25) is 0 Å². The Balaban J connectivity index is 1.61. The Bertz CT molecular complexity index is 884. The van der Waals surface area contributed by atoms with Crippen molar-refractivity contribution >= 4 is 38.8 Å². The van der Waals surface area contributed by atoms with Gasteiger partial charge in [0.15, 0.2) is 0 Å². The maximum atomic E-state index is 12.0. The summed E-state index contributed by atoms with van der Waals surface area (Å²) in [6.45, 7) is -0.0440. The van der Waals surface area contributed by atoms with Gasteiger partial charge in [-0.1, -0.05) is 17.3 Å². The molecule has 8 nitrogen and oxygen atoms in total. The second-order valence-electron chi connectivity index (χ2n) is 4.89. The van der Waals surface area contributed by atoms with E-state index >= 15 is 0 Å². The van der Waals surface area contributed by atoms with Gasteiger partial charge in [0.1, 0.15) is 17.8 Å². The topological polar surface area (TPSA) is 93.8 Å². The summed E-state index contributed by atoms with van der Waals surface area (Å²) in [5, 5.41) is 7.89. The number of fused-ring (bicyclic) bond motifs is 1. The second kappa shape index (κ2) is 6.21. The minimum absolute atomic E-state index is 0.0440. The lowest BCUT2D eigenvalue weighted by Gasteiger charge is -2.08. The molecule has 0 saturated heterocycles. The Morgan fingerprint density at radius 1 is 1.26 bits per heavy atom. The van der Waals surface area contributed by atoms with Gasteiger partial charge in [0.05, 0.1) is 5.52 Å². The molecule has 0 bridgehead atoms. The van der Waals surface area contributed by atoms with Crippen LogP contribution in [0.15, 0.2) is 41.0 Å². The van der Waals surface area contributed by atoms with Gasteiger partial charge in [0.25, 0.3) is 11.8 Å². The minimum Gasteiger partial charge on any atom is -0.345 e. The summed E-state index contributed by atoms with van der Waals surface area (Å²) in [6.07, 6.45) is 1.75. The number of nitrogens with zero attached hydrogens (tertiary/aromatic N) is 4. The third kappa shape index (κ3) is 3.24. The molecule has 2 aromatic heterocycles. The number of carbonyl (C=O) groups is 2. The van der Waals surface area contributed by atoms with Gasteiger partial charge < -0.3 is 4.57 Å². The molecule has 9 heteroatoms. The molecule has 0 unspecified atom stereocenters. The van der Waals surface area contributed by atoms with Crippen LogP contribution in [0.1, 0.15) is 10.5 Å². The van der Waals surface area contributed by atoms with Crippen molar-refractivity contribution in [3.63, 3.8) is 0 Å². The van der Waals surface area contributed by atoms with E-state index in [0.717, 1.165) is 9.99 Å². The molecule has 0 aliphatic rings. The fourth-order valence-corrected chi connectivity index (χ4v) is 2.67. The van der Waals surface area contributed by atoms with Crippen LogP contribution in [0.25, 0.3) is 11.0 Å². The Kier molecular flexibility index (Phi) is 4.11. The molecule has 3 rings (SSSR count). The number of benzene rings is 1. The number of hydrogen-bond donors (Lipinski definition) is 2. The largest absolute Gasteiger partial charge is 0.345 e. The first kappa shape index (κ1) is 15.2. The molecular formula is C14H13BrN6O2. The van der Waals surface area contributed by atoms with E-state index in [4.69, 9.17) is 0 Å². The Morgan fingerprint density at radius 3 is 2.78 bits per heavy atom. The molecule has 118 valence electrons. The van der Waals surface area contributed by atoms with Gasteiger partial charge in [-0.15, -0.1) is 5.10 Å². The van der Waals surface area contributed by atoms with Crippen molar-refractivity contribution in [2.75, 3.05) is 0 Å². The standard InChI is InChI=1S/C14H13BrN6O2/c1-20-7-9(15)6-12(20)14(23)18-17-13(22)8-21-11-5-3-2-4-10(11)16-19-21/h2-7H,8H2,1H3,(H,17,22)(H,18,23). The number of hydrazine groups is 1. The lowest BCUT2D eigenvalue weighted by atomic mass is 10.3. The number of carbonyl (C=O) groups excluding carboxylic acids is 2. The summed E-state index contributed by atoms with van der Waals surface area (Å²) in [7, 11) is 1.74. The number of nitrogens with one attached hydrogen (secondary N) is 2. The molecule has 2 heterocycles. The molecule has 2 N–H and O–H groups in total. The van der Waals surface area contributed by atoms with E-state index in [-0.39, 0.29) is 6.54 Å². The molecule has 0 aliphatic carbocycles. The van der Waals surface area contributed by atoms with Crippen LogP contribution in [0.5, 0.6) is 0 Å². The van der Waals surface area contributed by atoms with Crippen molar-refractivity contribution in [2.45, 2.75) is 6.54 Å². The molecular weight excluding hydrogens is 364 g/mol. The molecule has 23 heavy (non-hydrogen) atoms. The fraction of sp³-hybridized carbons (Fsp3) is 0.143. The fourth-order valence-electron chi connectivity index (χ4n) is 2.15. The van der Waals surface area contributed by atoms with Crippen LogP contribution >= 0.6 is 15.9 Å². The molecule has 0 atom stereocenters. The van der Waals surface area contributed by atoms with Crippen LogP contribution in [0.4, 0.5) is 0 Å². The first-order valence-corrected chi connectivity index (χ1v) is 7.53. The van der Waals surface area contributed by atoms with E-state index < -0.39 is 11.8 Å². The molecule has 0 aliphatic heterocycles. The van der Waals surface area contributed by atoms with Crippen molar-refractivity contribution in [1.29, 1.82) is 0 Å². The first-order valence-electron chi connectivity index (χ1n) is 6.74. The van der Waals surface area contributed by atoms with Crippen molar-refractivity contribution in [1.82, 2.24) is 30.4 Å². The van der Waals surface area contributed by atoms with Crippen LogP contribution < -0.4 is 10.9 Å². The van der Waals surface area contributed by atoms with E-state index in [0.29, 0.717) is 11.2 Å². The number of rotatable bonds is 3. The predicted molar refractivity (Wildman–Crippen MR) is 86.2 cm³/mol. The average Bonchev–Trinajstić information content (AvgIpc) is 3.08. The average molecular weight is 377 g/mol. The van der Waals surface area contributed by atoms with Gasteiger partial charge in [-0.2, -0.15) is 0 Å². The molecule has 0 fully saturated rings. The maximum absolute atomic E-state index is 12.0. The Labute approximate surface area is 139 Å². The highest BCUT2D eigenvalue weighted by atomic mass is 79.9. The van der Waals surface area contributed by atoms with Gasteiger partial charge in [-0.3, -0.25) is 20.4 Å². The molecule has 1 aromatic carbocycles. The number of amides is 2. The lowest BCUT2D eigenvalue weighted by Crippen LogP contribution is -2.43. The highest BCUT2D eigenvalue weighted by Crippen LogP contribution is 2.13. The van der Waals surface area contributed by atoms with Gasteiger partial charge in [0, 0.05) is 17.7 Å². The van der Waals surface area contributed by atoms with Crippen molar-refractivity contribution in [3.05, 3.63) is 46.7 Å². The van der Waals surface area contributed by atoms with E-state index in [1.54, 1.807) is 23.9 Å². The predicted octanol–water partition coefficient (Wildman–Crippen LogP) is 0.993. The lowest BCUT2D eigenvalue weighted by molar-refractivity contribution is -0.122. The number of halogens is 1. The zero-order valence-corrected chi connectivity index (χ0v) is 13.7. The number of aryl methyl sites for hydroxylation is 1. The van der Waals surface area contributed by atoms with Crippen LogP contribution in [-0.4, -0.2) is 31.4 Å². The van der Waals surface area contributed by atoms with Gasteiger partial charge >= 0.3 is 0 Å². The normalized spacial score (nSPS) is 10.7. The SMILES string of the molecule is Cn1cc(Br)cc1C(=O)NNC(=O)Cn1nnc2ccccc21. The van der Waals surface area contributed by atoms with Crippen LogP contribution in [-0.2, 0) is 18.4 Å². The summed E-state index contributed by atoms with van der Waals surface area (Å²) in [5.74, 6) is -0.808. The molecule has 3 aromatic rings. The number of aromatic nitrogens is 4. The van der Waals surface area contributed by atoms with E-state index in [2.05, 4.69) is 37.1 Å². The third-order valence-electron chi connectivity index (χ3n) is 3.23. The summed E-state index contributed by atoms with van der Waals surface area (Å²) in [4.78, 5) is 23.9. The molecule has 0 saturated carbocycles. The van der Waals surface area contributed by atoms with Crippen molar-refractivity contribution in [3.8, 4) is 0 Å². The van der Waals surface area contributed by atoms with Crippen molar-refractivity contribution in [2.24, 2.45) is 7.05 Å². The summed E-state index contributed by atoms with van der Waals surface area (Å²) < 4.78 is 3.90. The van der Waals surface area contributed by atoms with Crippen LogP contribution in [0, 0.1) is 0 Å². The monoisotopic (exact) mass is 376 g/mol. The van der Waals surface area contributed by atoms with Crippen molar-refractivity contribution < 1.29 is 9.59 Å². The summed E-state index contributed by atoms with van der Waals surface area (Å²) >= 11 is 3.29. The van der Waals surface area contributed by atoms with E-state index in [9.17, 15) is 9.59 Å². The highest BCUT2D eigenvalue weighted by molar-refractivity contribution is 9.10. The molecule has 2 amide bonds. The van der Waals surface area contributed by atoms with Gasteiger partial charge in [-0.25, -0.2) is 4.68 Å². The van der Waals surface area contributed by atoms with E-state index in [1.165, 1.54) is 4.68 Å². The number of para-hydroxylation sites is 1.